The van der Waals surface area contributed by atoms with Crippen LogP contribution in [0.2, 0.25) is 5.02 Å². The summed E-state index contributed by atoms with van der Waals surface area (Å²) in [7, 11) is 0. The van der Waals surface area contributed by atoms with Gasteiger partial charge in [-0.05, 0) is 39.2 Å². The van der Waals surface area contributed by atoms with Crippen LogP contribution < -0.4 is 5.32 Å². The van der Waals surface area contributed by atoms with Crippen LogP contribution in [0, 0.1) is 11.3 Å². The van der Waals surface area contributed by atoms with E-state index in [4.69, 9.17) is 11.6 Å². The van der Waals surface area contributed by atoms with Crippen LogP contribution in [0.1, 0.15) is 26.3 Å². The summed E-state index contributed by atoms with van der Waals surface area (Å²) in [6.07, 6.45) is 1.91. The van der Waals surface area contributed by atoms with Crippen LogP contribution in [-0.2, 0) is 0 Å². The molecular weight excluding hydrogens is 316 g/mol. The van der Waals surface area contributed by atoms with E-state index in [1.165, 1.54) is 11.8 Å². The summed E-state index contributed by atoms with van der Waals surface area (Å²) in [5.41, 5.74) is 1.70. The minimum atomic E-state index is -0.201. The average molecular weight is 333 g/mol. The average Bonchev–Trinajstić information content (AvgIpc) is 2.45. The van der Waals surface area contributed by atoms with Crippen molar-refractivity contribution in [3.05, 3.63) is 34.9 Å². The Morgan fingerprint density at radius 1 is 1.18 bits per heavy atom. The highest BCUT2D eigenvalue weighted by Crippen LogP contribution is 2.30. The Balaban J connectivity index is 2.64. The smallest absolute Gasteiger partial charge is 0.189 e. The molecule has 22 heavy (non-hydrogen) atoms. The highest BCUT2D eigenvalue weighted by molar-refractivity contribution is 7.98. The van der Waals surface area contributed by atoms with Crippen molar-refractivity contribution in [3.8, 4) is 17.3 Å². The first-order valence-corrected chi connectivity index (χ1v) is 8.34. The highest BCUT2D eigenvalue weighted by atomic mass is 35.5. The fourth-order valence-corrected chi connectivity index (χ4v) is 2.39. The summed E-state index contributed by atoms with van der Waals surface area (Å²) < 4.78 is 0. The Morgan fingerprint density at radius 3 is 2.32 bits per heavy atom. The molecule has 4 nitrogen and oxygen atoms in total. The normalized spacial score (nSPS) is 11.1. The second-order valence-corrected chi connectivity index (χ2v) is 6.99. The van der Waals surface area contributed by atoms with Crippen LogP contribution in [0.15, 0.2) is 29.4 Å². The van der Waals surface area contributed by atoms with Crippen LogP contribution in [-0.4, -0.2) is 21.8 Å². The van der Waals surface area contributed by atoms with E-state index < -0.39 is 0 Å². The van der Waals surface area contributed by atoms with Gasteiger partial charge in [-0.2, -0.15) is 5.26 Å². The number of hydrogen-bond donors (Lipinski definition) is 1. The number of thioether (sulfide) groups is 1. The van der Waals surface area contributed by atoms with Crippen molar-refractivity contribution >= 4 is 29.2 Å². The fourth-order valence-electron chi connectivity index (χ4n) is 1.90. The first-order chi connectivity index (χ1) is 10.3. The molecule has 1 N–H and O–H groups in total. The minimum absolute atomic E-state index is 0.201. The van der Waals surface area contributed by atoms with Crippen molar-refractivity contribution in [3.63, 3.8) is 0 Å². The number of nitrogens with one attached hydrogen (secondary N) is 1. The van der Waals surface area contributed by atoms with E-state index in [1.54, 1.807) is 12.1 Å². The van der Waals surface area contributed by atoms with Crippen molar-refractivity contribution in [1.82, 2.24) is 9.97 Å². The van der Waals surface area contributed by atoms with Crippen molar-refractivity contribution < 1.29 is 0 Å². The Hall–Kier alpha value is -1.77. The molecule has 0 amide bonds. The summed E-state index contributed by atoms with van der Waals surface area (Å²) in [5.74, 6) is 0.555. The Kier molecular flexibility index (Phi) is 4.94. The number of aromatic nitrogens is 2. The molecule has 0 atom stereocenters. The molecule has 0 aliphatic heterocycles. The van der Waals surface area contributed by atoms with E-state index in [1.807, 2.05) is 39.2 Å². The molecule has 1 aromatic carbocycles. The number of benzene rings is 1. The van der Waals surface area contributed by atoms with Gasteiger partial charge in [-0.1, -0.05) is 35.5 Å². The molecule has 0 spiro atoms. The monoisotopic (exact) mass is 332 g/mol. The topological polar surface area (TPSA) is 61.6 Å². The van der Waals surface area contributed by atoms with E-state index in [2.05, 4.69) is 21.4 Å². The lowest BCUT2D eigenvalue weighted by atomic mass is 10.1. The van der Waals surface area contributed by atoms with Crippen LogP contribution in [0.25, 0.3) is 11.3 Å². The number of halogens is 1. The third-order valence-corrected chi connectivity index (χ3v) is 3.59. The molecule has 0 aliphatic carbocycles. The largest absolute Gasteiger partial charge is 0.364 e. The zero-order valence-electron chi connectivity index (χ0n) is 12.9. The van der Waals surface area contributed by atoms with E-state index >= 15 is 0 Å². The van der Waals surface area contributed by atoms with Gasteiger partial charge in [-0.15, -0.1) is 0 Å². The molecule has 0 aliphatic rings. The zero-order valence-corrected chi connectivity index (χ0v) is 14.5. The standard InChI is InChI=1S/C16H17ClN4S/c1-16(2,3)21-14-12(9-18)13(19-15(20-14)22-4)10-5-7-11(17)8-6-10/h5-8H,1-4H3,(H,19,20,21). The van der Waals surface area contributed by atoms with Crippen molar-refractivity contribution in [2.24, 2.45) is 0 Å². The Bertz CT molecular complexity index is 715. The molecule has 1 heterocycles. The molecule has 0 unspecified atom stereocenters. The number of nitrogens with zero attached hydrogens (tertiary/aromatic N) is 3. The van der Waals surface area contributed by atoms with Crippen LogP contribution >= 0.6 is 23.4 Å². The lowest BCUT2D eigenvalue weighted by Gasteiger charge is -2.23. The van der Waals surface area contributed by atoms with Gasteiger partial charge in [0.1, 0.15) is 17.5 Å². The summed E-state index contributed by atoms with van der Waals surface area (Å²) >= 11 is 7.38. The second kappa shape index (κ2) is 6.55. The molecular formula is C16H17ClN4S. The lowest BCUT2D eigenvalue weighted by Crippen LogP contribution is -2.27. The van der Waals surface area contributed by atoms with Crippen LogP contribution in [0.3, 0.4) is 0 Å². The van der Waals surface area contributed by atoms with E-state index in [0.29, 0.717) is 27.3 Å². The fraction of sp³-hybridized carbons (Fsp3) is 0.312. The van der Waals surface area contributed by atoms with Crippen LogP contribution in [0.4, 0.5) is 5.82 Å². The summed E-state index contributed by atoms with van der Waals surface area (Å²) in [6, 6.07) is 9.51. The molecule has 0 bridgehead atoms. The SMILES string of the molecule is CSc1nc(NC(C)(C)C)c(C#N)c(-c2ccc(Cl)cc2)n1. The lowest BCUT2D eigenvalue weighted by molar-refractivity contribution is 0.628. The van der Waals surface area contributed by atoms with Gasteiger partial charge < -0.3 is 5.32 Å². The maximum atomic E-state index is 9.57. The van der Waals surface area contributed by atoms with Gasteiger partial charge in [0.25, 0.3) is 0 Å². The zero-order chi connectivity index (χ0) is 16.3. The number of hydrogen-bond acceptors (Lipinski definition) is 5. The van der Waals surface area contributed by atoms with Gasteiger partial charge >= 0.3 is 0 Å². The van der Waals surface area contributed by atoms with Gasteiger partial charge in [0, 0.05) is 16.1 Å². The van der Waals surface area contributed by atoms with Gasteiger partial charge in [0.05, 0.1) is 5.69 Å². The van der Waals surface area contributed by atoms with Gasteiger partial charge in [-0.3, -0.25) is 0 Å². The molecule has 114 valence electrons. The second-order valence-electron chi connectivity index (χ2n) is 5.78. The van der Waals surface area contributed by atoms with Crippen molar-refractivity contribution in [1.29, 1.82) is 5.26 Å². The summed E-state index contributed by atoms with van der Waals surface area (Å²) in [6.45, 7) is 6.07. The molecule has 1 aromatic heterocycles. The third kappa shape index (κ3) is 3.90. The summed E-state index contributed by atoms with van der Waals surface area (Å²) in [4.78, 5) is 8.94. The third-order valence-electron chi connectivity index (χ3n) is 2.79. The van der Waals surface area contributed by atoms with Crippen molar-refractivity contribution in [2.45, 2.75) is 31.5 Å². The van der Waals surface area contributed by atoms with E-state index in [-0.39, 0.29) is 5.54 Å². The molecule has 0 radical (unpaired) electrons. The van der Waals surface area contributed by atoms with Gasteiger partial charge in [0.15, 0.2) is 5.16 Å². The number of anilines is 1. The molecule has 0 saturated carbocycles. The van der Waals surface area contributed by atoms with E-state index in [0.717, 1.165) is 5.56 Å². The number of nitriles is 1. The maximum absolute atomic E-state index is 9.57. The Morgan fingerprint density at radius 2 is 1.82 bits per heavy atom. The maximum Gasteiger partial charge on any atom is 0.189 e. The molecule has 2 aromatic rings. The molecule has 2 rings (SSSR count). The first-order valence-electron chi connectivity index (χ1n) is 6.74. The summed E-state index contributed by atoms with van der Waals surface area (Å²) in [5, 5.41) is 14.1. The van der Waals surface area contributed by atoms with Crippen molar-refractivity contribution in [2.75, 3.05) is 11.6 Å². The first kappa shape index (κ1) is 16.6. The quantitative estimate of drug-likeness (QED) is 0.657. The molecule has 0 saturated heterocycles. The predicted octanol–water partition coefficient (Wildman–Crippen LogP) is 4.60. The minimum Gasteiger partial charge on any atom is -0.364 e. The van der Waals surface area contributed by atoms with Gasteiger partial charge in [0.2, 0.25) is 0 Å². The van der Waals surface area contributed by atoms with E-state index in [9.17, 15) is 5.26 Å². The number of rotatable bonds is 3. The van der Waals surface area contributed by atoms with Gasteiger partial charge in [-0.25, -0.2) is 9.97 Å². The Labute approximate surface area is 139 Å². The highest BCUT2D eigenvalue weighted by Gasteiger charge is 2.19. The van der Waals surface area contributed by atoms with Crippen LogP contribution in [0.5, 0.6) is 0 Å². The molecule has 0 fully saturated rings. The predicted molar refractivity (Wildman–Crippen MR) is 92.3 cm³/mol. The molecule has 6 heteroatoms.